The maximum Gasteiger partial charge on any atom is 0.102 e. The van der Waals surface area contributed by atoms with E-state index in [4.69, 9.17) is 9.52 Å². The smallest absolute Gasteiger partial charge is 0.102 e. The molecule has 0 aromatic carbocycles. The minimum absolute atomic E-state index is 0.544. The molecule has 0 bridgehead atoms. The Kier molecular flexibility index (Phi) is 3.25. The number of nitrogens with one attached hydrogen (secondary N) is 2. The molecule has 70 valence electrons. The molecule has 0 amide bonds. The molecule has 1 rings (SSSR count). The first-order valence-corrected chi connectivity index (χ1v) is 5.78. The van der Waals surface area contributed by atoms with Crippen LogP contribution in [0.15, 0.2) is 11.6 Å². The first-order chi connectivity index (χ1) is 5.58. The third kappa shape index (κ3) is 3.85. The molecular formula is C7H14N2O2S. The topological polar surface area (TPSA) is 62.2 Å². The predicted molar refractivity (Wildman–Crippen MR) is 48.3 cm³/mol. The molecular weight excluding hydrogens is 176 g/mol. The summed E-state index contributed by atoms with van der Waals surface area (Å²) in [4.78, 5) is 0. The minimum Gasteiger partial charge on any atom is -0.377 e. The van der Waals surface area contributed by atoms with Gasteiger partial charge in [-0.25, -0.2) is 13.7 Å². The Balaban J connectivity index is 2.36. The van der Waals surface area contributed by atoms with E-state index >= 15 is 0 Å². The first-order valence-electron chi connectivity index (χ1n) is 3.82. The van der Waals surface area contributed by atoms with Crippen molar-refractivity contribution in [3.63, 3.8) is 0 Å². The van der Waals surface area contributed by atoms with E-state index in [1.165, 1.54) is 11.8 Å². The molecule has 12 heavy (non-hydrogen) atoms. The van der Waals surface area contributed by atoms with E-state index in [9.17, 15) is 4.21 Å². The molecule has 0 saturated heterocycles. The van der Waals surface area contributed by atoms with Crippen LogP contribution in [0.25, 0.3) is 0 Å². The standard InChI is InChI=1S/C7H14N2O2S/c1-12(8,10)9-6-7-2-4-11-5-3-7/h2H,3-6H2,1H3,(H2,8,9,10). The Morgan fingerprint density at radius 3 is 3.08 bits per heavy atom. The Morgan fingerprint density at radius 1 is 1.83 bits per heavy atom. The van der Waals surface area contributed by atoms with Gasteiger partial charge in [0.25, 0.3) is 0 Å². The SMILES string of the molecule is CS(=N)(=O)NCC1=CCOCC1. The lowest BCUT2D eigenvalue weighted by atomic mass is 10.1. The summed E-state index contributed by atoms with van der Waals surface area (Å²) >= 11 is 0. The van der Waals surface area contributed by atoms with Gasteiger partial charge in [-0.3, -0.25) is 0 Å². The molecule has 0 fully saturated rings. The van der Waals surface area contributed by atoms with Crippen molar-refractivity contribution in [2.45, 2.75) is 6.42 Å². The third-order valence-corrected chi connectivity index (χ3v) is 2.33. The van der Waals surface area contributed by atoms with Gasteiger partial charge in [-0.1, -0.05) is 11.6 Å². The zero-order valence-electron chi connectivity index (χ0n) is 7.13. The monoisotopic (exact) mass is 190 g/mol. The van der Waals surface area contributed by atoms with Crippen molar-refractivity contribution < 1.29 is 8.95 Å². The first kappa shape index (κ1) is 9.70. The second-order valence-corrected chi connectivity index (χ2v) is 4.83. The van der Waals surface area contributed by atoms with Crippen LogP contribution in [-0.4, -0.2) is 30.2 Å². The van der Waals surface area contributed by atoms with Crippen molar-refractivity contribution in [2.75, 3.05) is 26.0 Å². The quantitative estimate of drug-likeness (QED) is 0.637. The lowest BCUT2D eigenvalue weighted by molar-refractivity contribution is 0.154. The molecule has 0 aromatic heterocycles. The largest absolute Gasteiger partial charge is 0.377 e. The fourth-order valence-corrected chi connectivity index (χ4v) is 1.42. The average molecular weight is 190 g/mol. The Labute approximate surface area is 73.1 Å². The molecule has 2 N–H and O–H groups in total. The fourth-order valence-electron chi connectivity index (χ4n) is 0.956. The highest BCUT2D eigenvalue weighted by molar-refractivity contribution is 7.89. The molecule has 1 atom stereocenters. The van der Waals surface area contributed by atoms with Gasteiger partial charge >= 0.3 is 0 Å². The van der Waals surface area contributed by atoms with Gasteiger partial charge in [-0.15, -0.1) is 0 Å². The maximum absolute atomic E-state index is 10.9. The lowest BCUT2D eigenvalue weighted by Gasteiger charge is -2.13. The third-order valence-electron chi connectivity index (χ3n) is 1.63. The fraction of sp³-hybridized carbons (Fsp3) is 0.714. The second-order valence-electron chi connectivity index (χ2n) is 2.85. The highest BCUT2D eigenvalue weighted by atomic mass is 32.2. The zero-order valence-corrected chi connectivity index (χ0v) is 7.95. The van der Waals surface area contributed by atoms with Crippen LogP contribution in [0.3, 0.4) is 0 Å². The van der Waals surface area contributed by atoms with E-state index in [1.54, 1.807) is 0 Å². The molecule has 0 aliphatic carbocycles. The van der Waals surface area contributed by atoms with Crippen LogP contribution in [0.5, 0.6) is 0 Å². The number of ether oxygens (including phenoxy) is 1. The van der Waals surface area contributed by atoms with Gasteiger partial charge < -0.3 is 4.74 Å². The minimum atomic E-state index is -2.56. The normalized spacial score (nSPS) is 22.9. The summed E-state index contributed by atoms with van der Waals surface area (Å²) in [5, 5.41) is 0. The van der Waals surface area contributed by atoms with Crippen LogP contribution < -0.4 is 4.72 Å². The van der Waals surface area contributed by atoms with Crippen molar-refractivity contribution in [2.24, 2.45) is 0 Å². The number of rotatable bonds is 3. The molecule has 1 heterocycles. The zero-order chi connectivity index (χ0) is 9.03. The van der Waals surface area contributed by atoms with Crippen molar-refractivity contribution in [1.82, 2.24) is 4.72 Å². The summed E-state index contributed by atoms with van der Waals surface area (Å²) in [5.74, 6) is 0. The van der Waals surface area contributed by atoms with E-state index in [0.29, 0.717) is 13.2 Å². The molecule has 0 aromatic rings. The predicted octanol–water partition coefficient (Wildman–Crippen LogP) is 0.514. The van der Waals surface area contributed by atoms with Crippen LogP contribution in [0.2, 0.25) is 0 Å². The molecule has 5 heteroatoms. The van der Waals surface area contributed by atoms with E-state index in [1.807, 2.05) is 6.08 Å². The van der Waals surface area contributed by atoms with Crippen LogP contribution >= 0.6 is 0 Å². The summed E-state index contributed by atoms with van der Waals surface area (Å²) in [7, 11) is -2.56. The summed E-state index contributed by atoms with van der Waals surface area (Å²) in [6, 6.07) is 0. The molecule has 0 spiro atoms. The van der Waals surface area contributed by atoms with Crippen LogP contribution in [0.4, 0.5) is 0 Å². The average Bonchev–Trinajstić information content (AvgIpc) is 2.02. The van der Waals surface area contributed by atoms with Crippen LogP contribution in [-0.2, 0) is 14.7 Å². The van der Waals surface area contributed by atoms with Gasteiger partial charge in [0, 0.05) is 12.8 Å². The molecule has 0 radical (unpaired) electrons. The van der Waals surface area contributed by atoms with Gasteiger partial charge in [0.1, 0.15) is 9.92 Å². The molecule has 1 aliphatic heterocycles. The van der Waals surface area contributed by atoms with Crippen molar-refractivity contribution in [3.8, 4) is 0 Å². The molecule has 1 aliphatic rings. The highest BCUT2D eigenvalue weighted by Crippen LogP contribution is 2.05. The van der Waals surface area contributed by atoms with E-state index in [2.05, 4.69) is 4.72 Å². The van der Waals surface area contributed by atoms with Crippen LogP contribution in [0.1, 0.15) is 6.42 Å². The van der Waals surface area contributed by atoms with Gasteiger partial charge in [-0.05, 0) is 6.42 Å². The van der Waals surface area contributed by atoms with Crippen molar-refractivity contribution >= 4 is 9.92 Å². The van der Waals surface area contributed by atoms with E-state index in [-0.39, 0.29) is 0 Å². The van der Waals surface area contributed by atoms with E-state index < -0.39 is 9.92 Å². The maximum atomic E-state index is 10.9. The number of hydrogen-bond acceptors (Lipinski definition) is 3. The Morgan fingerprint density at radius 2 is 2.58 bits per heavy atom. The molecule has 1 unspecified atom stereocenters. The number of hydrogen-bond donors (Lipinski definition) is 2. The highest BCUT2D eigenvalue weighted by Gasteiger charge is 2.04. The van der Waals surface area contributed by atoms with Gasteiger partial charge in [0.2, 0.25) is 0 Å². The lowest BCUT2D eigenvalue weighted by Crippen LogP contribution is -2.24. The molecule has 0 saturated carbocycles. The summed E-state index contributed by atoms with van der Waals surface area (Å²) in [6.45, 7) is 1.92. The Bertz CT molecular complexity index is 269. The summed E-state index contributed by atoms with van der Waals surface area (Å²) in [5.41, 5.74) is 1.18. The van der Waals surface area contributed by atoms with Crippen molar-refractivity contribution in [3.05, 3.63) is 11.6 Å². The van der Waals surface area contributed by atoms with Gasteiger partial charge in [0.05, 0.1) is 13.2 Å². The van der Waals surface area contributed by atoms with Gasteiger partial charge in [-0.2, -0.15) is 0 Å². The summed E-state index contributed by atoms with van der Waals surface area (Å²) in [6.07, 6.45) is 4.23. The van der Waals surface area contributed by atoms with Crippen molar-refractivity contribution in [1.29, 1.82) is 4.78 Å². The Hall–Kier alpha value is -0.390. The molecule has 4 nitrogen and oxygen atoms in total. The summed E-state index contributed by atoms with van der Waals surface area (Å²) < 4.78 is 25.8. The second kappa shape index (κ2) is 4.02. The van der Waals surface area contributed by atoms with E-state index in [0.717, 1.165) is 13.0 Å². The van der Waals surface area contributed by atoms with Gasteiger partial charge in [0.15, 0.2) is 0 Å². The van der Waals surface area contributed by atoms with Crippen LogP contribution in [0, 0.1) is 4.78 Å².